The normalized spacial score (nSPS) is 12.7. The van der Waals surface area contributed by atoms with Crippen LogP contribution in [0.4, 0.5) is 28.8 Å². The Morgan fingerprint density at radius 1 is 0.674 bits per heavy atom. The van der Waals surface area contributed by atoms with Crippen LogP contribution < -0.4 is 31.4 Å². The molecular weight excluding hydrogens is 1270 g/mol. The van der Waals surface area contributed by atoms with Gasteiger partial charge in [-0.1, -0.05) is 84.9 Å². The molecule has 0 radical (unpaired) electrons. The van der Waals surface area contributed by atoms with Crippen molar-refractivity contribution < 1.29 is 47.9 Å². The van der Waals surface area contributed by atoms with Crippen LogP contribution >= 0.6 is 49.6 Å². The number of ether oxygens (including phenoxy) is 6. The molecule has 468 valence electrons. The molecule has 0 bridgehead atoms. The number of carbonyl (C=O) groups excluding carboxylic acids is 2. The van der Waals surface area contributed by atoms with Crippen molar-refractivity contribution in [1.82, 2.24) is 29.7 Å². The summed E-state index contributed by atoms with van der Waals surface area (Å²) in [6.45, 7) is 11.5. The van der Waals surface area contributed by atoms with Gasteiger partial charge in [0.2, 0.25) is 17.5 Å². The summed E-state index contributed by atoms with van der Waals surface area (Å²) in [5.41, 5.74) is 18.3. The minimum atomic E-state index is -0.954. The van der Waals surface area contributed by atoms with Gasteiger partial charge in [-0.05, 0) is 135 Å². The molecule has 2 fully saturated rings. The van der Waals surface area contributed by atoms with Gasteiger partial charge in [0, 0.05) is 40.3 Å². The van der Waals surface area contributed by atoms with Gasteiger partial charge in [0.05, 0.1) is 37.4 Å². The van der Waals surface area contributed by atoms with Gasteiger partial charge in [0.25, 0.3) is 6.01 Å². The SMILES string of the molecule is CCOC(=O)CCCc1ccc(-c2cccc(CN3CCCC3)c2)cc1.CCOC(=O)CN(Cc1ccc(-c2cccc(CN3CCCC3)c2)cc1)c1nc(OCCOC)nc(N)c1[N+](=O)[O-].COCCOc1nc(N)c([N+](=O)[O-])c(=O)[nH]1.Cl.[2H]I.[2H]S. The summed E-state index contributed by atoms with van der Waals surface area (Å²) in [5.74, 6) is -1.65. The van der Waals surface area contributed by atoms with Crippen molar-refractivity contribution in [1.29, 1.82) is 1.72 Å². The number of rotatable bonds is 27. The second-order valence-electron chi connectivity index (χ2n) is 19.4. The zero-order chi connectivity index (χ0) is 63.5. The fourth-order valence-corrected chi connectivity index (χ4v) is 9.27. The number of nitrogens with one attached hydrogen (secondary N) is 1. The third-order valence-electron chi connectivity index (χ3n) is 13.3. The van der Waals surface area contributed by atoms with Gasteiger partial charge in [-0.15, -0.1) is 36.2 Å². The molecule has 2 aliphatic heterocycles. The predicted octanol–water partition coefficient (Wildman–Crippen LogP) is 9.10. The molecule has 4 heterocycles. The van der Waals surface area contributed by atoms with Crippen LogP contribution in [0.15, 0.2) is 102 Å². The number of benzene rings is 4. The fourth-order valence-electron chi connectivity index (χ4n) is 9.27. The Bertz CT molecular complexity index is 3140. The third-order valence-corrected chi connectivity index (χ3v) is 13.3. The van der Waals surface area contributed by atoms with Crippen molar-refractivity contribution in [3.05, 3.63) is 150 Å². The van der Waals surface area contributed by atoms with E-state index in [4.69, 9.17) is 41.6 Å². The number of halogens is 2. The van der Waals surface area contributed by atoms with Crippen LogP contribution in [-0.2, 0) is 54.6 Å². The number of aryl methyl sites for hydroxylation is 1. The molecule has 6 aromatic rings. The maximum atomic E-state index is 12.5. The number of H-pyrrole nitrogens is 1. The van der Waals surface area contributed by atoms with E-state index >= 15 is 0 Å². The first-order valence-electron chi connectivity index (χ1n) is 28.5. The molecule has 2 saturated heterocycles. The zero-order valence-corrected chi connectivity index (χ0v) is 52.7. The van der Waals surface area contributed by atoms with Crippen molar-refractivity contribution in [2.75, 3.05) is 103 Å². The molecule has 24 nitrogen and oxygen atoms in total. The number of methoxy groups -OCH3 is 2. The van der Waals surface area contributed by atoms with Crippen LogP contribution in [0.2, 0.25) is 0 Å². The molecule has 8 rings (SSSR count). The summed E-state index contributed by atoms with van der Waals surface area (Å²) in [6, 6.07) is 33.6. The van der Waals surface area contributed by atoms with Gasteiger partial charge in [0.15, 0.2) is 0 Å². The number of anilines is 3. The molecule has 2 aliphatic rings. The van der Waals surface area contributed by atoms with Gasteiger partial charge < -0.3 is 44.8 Å². The van der Waals surface area contributed by atoms with Crippen LogP contribution in [0, 0.1) is 20.2 Å². The van der Waals surface area contributed by atoms with Gasteiger partial charge in [-0.2, -0.15) is 28.4 Å². The van der Waals surface area contributed by atoms with Crippen molar-refractivity contribution in [2.45, 2.75) is 78.4 Å². The molecule has 4 aromatic carbocycles. The van der Waals surface area contributed by atoms with Gasteiger partial charge >= 0.3 is 34.9 Å². The number of nitrogens with two attached hydrogens (primary N) is 2. The smallest absolute Gasteiger partial charge is 0.375 e. The van der Waals surface area contributed by atoms with E-state index in [-0.39, 0.29) is 81.6 Å². The van der Waals surface area contributed by atoms with Crippen molar-refractivity contribution >= 4 is 90.4 Å². The second kappa shape index (κ2) is 38.8. The Balaban J connectivity index is 0.000000367. The lowest BCUT2D eigenvalue weighted by Crippen LogP contribution is -2.32. The molecule has 2 aromatic heterocycles. The molecule has 86 heavy (non-hydrogen) atoms. The summed E-state index contributed by atoms with van der Waals surface area (Å²) in [6.07, 6.45) is 7.41. The highest BCUT2D eigenvalue weighted by Crippen LogP contribution is 2.34. The number of hydrogen-bond donors (Lipinski definition) is 3. The van der Waals surface area contributed by atoms with Crippen molar-refractivity contribution in [2.24, 2.45) is 0 Å². The van der Waals surface area contributed by atoms with E-state index in [0.29, 0.717) is 19.6 Å². The van der Waals surface area contributed by atoms with E-state index in [0.717, 1.165) is 55.7 Å². The number of esters is 2. The number of carbonyl (C=O) groups is 2. The van der Waals surface area contributed by atoms with Crippen LogP contribution in [0.5, 0.6) is 12.0 Å². The third kappa shape index (κ3) is 23.6. The quantitative estimate of drug-likeness (QED) is 0.0142. The van der Waals surface area contributed by atoms with E-state index in [9.17, 15) is 34.6 Å². The van der Waals surface area contributed by atoms with Gasteiger partial charge in [-0.3, -0.25) is 49.4 Å². The highest BCUT2D eigenvalue weighted by molar-refractivity contribution is 14.0. The summed E-state index contributed by atoms with van der Waals surface area (Å²) in [5, 5.41) is 22.4. The summed E-state index contributed by atoms with van der Waals surface area (Å²) < 4.78 is 41.4. The van der Waals surface area contributed by atoms with Crippen LogP contribution in [-0.4, -0.2) is 140 Å². The summed E-state index contributed by atoms with van der Waals surface area (Å²) in [7, 11) is 2.99. The zero-order valence-electron chi connectivity index (χ0n) is 50.9. The number of nitrogen functional groups attached to an aromatic ring is 2. The van der Waals surface area contributed by atoms with E-state index < -0.39 is 38.6 Å². The Kier molecular flexibility index (Phi) is 31.3. The van der Waals surface area contributed by atoms with Crippen molar-refractivity contribution in [3.63, 3.8) is 0 Å². The summed E-state index contributed by atoms with van der Waals surface area (Å²) >= 11 is 4.18. The average Bonchev–Trinajstić information content (AvgIpc) is 4.47. The largest absolute Gasteiger partial charge is 0.466 e. The standard InChI is InChI=1S/C29H36N6O6.C23H29NO2.C7H10N4O5.ClH.HI.H2S/c1-3-40-25(36)20-34(28-26(35(37)38)27(30)31-29(32-28)41-16-15-39-2)19-21-9-11-23(12-10-21)24-8-6-7-22(17-24)18-33-13-4-5-14-33;1-2-26-23(25)10-6-7-19-11-13-21(14-12-19)22-9-5-8-20(17-22)18-24-15-3-4-16-24;1-15-2-3-16-7-9-5(8)4(11(13)14)6(12)10-7;;;/h6-12,17H,3-5,13-16,18-20H2,1-2H3,(H2,30,31,32);5,8-9,11-14,17H,2-4,6-7,10,15-16,18H2,1H3;2-3H2,1H3,(H3,8,9,10,12);2*1H;1H2/i/hD2. The maximum Gasteiger partial charge on any atom is 0.375 e. The molecule has 0 unspecified atom stereocenters. The predicted molar refractivity (Wildman–Crippen MR) is 347 cm³/mol. The molecule has 5 N–H and O–H groups in total. The number of nitrogens with zero attached hydrogens (tertiary/aromatic N) is 8. The first kappa shape index (κ1) is 69.6. The highest BCUT2D eigenvalue weighted by Gasteiger charge is 2.30. The molecule has 27 heteroatoms. The Morgan fingerprint density at radius 3 is 1.65 bits per heavy atom. The number of hydrogen-bond acceptors (Lipinski definition) is 21. The van der Waals surface area contributed by atoms with E-state index in [1.165, 1.54) is 109 Å². The Labute approximate surface area is 532 Å². The highest BCUT2D eigenvalue weighted by atomic mass is 127. The van der Waals surface area contributed by atoms with E-state index in [1.54, 1.807) is 6.92 Å². The lowest BCUT2D eigenvalue weighted by Gasteiger charge is -2.23. The molecule has 0 amide bonds. The number of likely N-dealkylation sites (tertiary alicyclic amines) is 2. The number of nitro groups is 2. The molecule has 0 saturated carbocycles. The molecule has 0 aliphatic carbocycles. The van der Waals surface area contributed by atoms with Gasteiger partial charge in [0.1, 0.15) is 20.4 Å². The van der Waals surface area contributed by atoms with Gasteiger partial charge in [-0.25, -0.2) is 0 Å². The number of aromatic nitrogens is 4. The van der Waals surface area contributed by atoms with Crippen LogP contribution in [0.3, 0.4) is 0 Å². The summed E-state index contributed by atoms with van der Waals surface area (Å²) in [4.78, 5) is 76.2. The van der Waals surface area contributed by atoms with E-state index in [2.05, 4.69) is 116 Å². The maximum absolute atomic E-state index is 12.5. The average molecular weight is 1350 g/mol. The molecular formula is C59H79ClIN11O13S. The molecule has 0 atom stereocenters. The fraction of sp³-hybridized carbons (Fsp3) is 0.424. The lowest BCUT2D eigenvalue weighted by molar-refractivity contribution is -0.385. The topological polar surface area (TPSA) is 309 Å². The first-order chi connectivity index (χ1) is 42.2. The minimum Gasteiger partial charge on any atom is -0.466 e. The van der Waals surface area contributed by atoms with Crippen LogP contribution in [0.25, 0.3) is 22.3 Å². The molecule has 0 spiro atoms. The van der Waals surface area contributed by atoms with Crippen molar-refractivity contribution in [3.8, 4) is 34.3 Å². The second-order valence-corrected chi connectivity index (χ2v) is 19.4. The number of aromatic amines is 1. The Morgan fingerprint density at radius 2 is 1.16 bits per heavy atom. The monoisotopic (exact) mass is 1350 g/mol. The minimum absolute atomic E-state index is 0. The van der Waals surface area contributed by atoms with E-state index in [1.807, 2.05) is 31.2 Å². The first-order valence-corrected chi connectivity index (χ1v) is 27.6. The Hall–Kier alpha value is -7.21. The lowest BCUT2D eigenvalue weighted by atomic mass is 10.00. The van der Waals surface area contributed by atoms with Crippen LogP contribution in [0.1, 0.15) is 74.6 Å².